The molecular formula is C14H24N4O. The van der Waals surface area contributed by atoms with E-state index in [1.807, 2.05) is 4.90 Å². The van der Waals surface area contributed by atoms with Crippen molar-refractivity contribution in [2.75, 3.05) is 6.54 Å². The third kappa shape index (κ3) is 3.33. The Morgan fingerprint density at radius 3 is 2.47 bits per heavy atom. The van der Waals surface area contributed by atoms with Crippen molar-refractivity contribution in [3.05, 3.63) is 11.6 Å². The molecule has 0 aromatic carbocycles. The van der Waals surface area contributed by atoms with Crippen molar-refractivity contribution in [3.8, 4) is 0 Å². The predicted octanol–water partition coefficient (Wildman–Crippen LogP) is 2.36. The highest BCUT2D eigenvalue weighted by Gasteiger charge is 2.35. The molecule has 1 fully saturated rings. The number of carbonyl (C=O) groups excluding carboxylic acids is 1. The Morgan fingerprint density at radius 2 is 2.05 bits per heavy atom. The van der Waals surface area contributed by atoms with Crippen LogP contribution < -0.4 is 0 Å². The lowest BCUT2D eigenvalue weighted by Gasteiger charge is -2.22. The van der Waals surface area contributed by atoms with Crippen molar-refractivity contribution < 1.29 is 4.79 Å². The summed E-state index contributed by atoms with van der Waals surface area (Å²) in [6.07, 6.45) is 2.21. The second-order valence-electron chi connectivity index (χ2n) is 6.84. The van der Waals surface area contributed by atoms with Crippen molar-refractivity contribution in [1.82, 2.24) is 20.1 Å². The Kier molecular flexibility index (Phi) is 3.65. The molecule has 0 unspecified atom stereocenters. The van der Waals surface area contributed by atoms with Gasteiger partial charge in [0, 0.05) is 18.0 Å². The Bertz CT molecular complexity index is 454. The Morgan fingerprint density at radius 1 is 1.42 bits per heavy atom. The van der Waals surface area contributed by atoms with E-state index in [1.165, 1.54) is 0 Å². The molecule has 0 spiro atoms. The summed E-state index contributed by atoms with van der Waals surface area (Å²) in [4.78, 5) is 18.8. The smallest absolute Gasteiger partial charge is 0.293 e. The molecule has 1 aliphatic rings. The predicted molar refractivity (Wildman–Crippen MR) is 74.0 cm³/mol. The van der Waals surface area contributed by atoms with Gasteiger partial charge in [-0.2, -0.15) is 0 Å². The van der Waals surface area contributed by atoms with Crippen LogP contribution in [0.4, 0.5) is 0 Å². The maximum atomic E-state index is 12.5. The van der Waals surface area contributed by atoms with Crippen molar-refractivity contribution >= 4 is 5.91 Å². The van der Waals surface area contributed by atoms with Crippen molar-refractivity contribution in [1.29, 1.82) is 0 Å². The van der Waals surface area contributed by atoms with Gasteiger partial charge in [-0.1, -0.05) is 34.6 Å². The third-order valence-corrected chi connectivity index (χ3v) is 3.20. The number of amides is 1. The van der Waals surface area contributed by atoms with Gasteiger partial charge < -0.3 is 4.90 Å². The highest BCUT2D eigenvalue weighted by molar-refractivity contribution is 5.90. The van der Waals surface area contributed by atoms with E-state index >= 15 is 0 Å². The number of H-pyrrole nitrogens is 1. The van der Waals surface area contributed by atoms with Crippen molar-refractivity contribution in [3.63, 3.8) is 0 Å². The monoisotopic (exact) mass is 264 g/mol. The van der Waals surface area contributed by atoms with E-state index in [0.717, 1.165) is 25.2 Å². The van der Waals surface area contributed by atoms with E-state index in [0.29, 0.717) is 17.8 Å². The molecule has 0 bridgehead atoms. The normalized spacial score (nSPS) is 15.9. The lowest BCUT2D eigenvalue weighted by atomic mass is 9.96. The zero-order chi connectivity index (χ0) is 14.2. The van der Waals surface area contributed by atoms with Crippen LogP contribution in [0, 0.1) is 5.92 Å². The van der Waals surface area contributed by atoms with Crippen LogP contribution >= 0.6 is 0 Å². The molecule has 1 aromatic heterocycles. The molecule has 5 nitrogen and oxygen atoms in total. The molecule has 0 radical (unpaired) electrons. The summed E-state index contributed by atoms with van der Waals surface area (Å²) in [7, 11) is 0. The molecule has 5 heteroatoms. The van der Waals surface area contributed by atoms with E-state index in [9.17, 15) is 4.79 Å². The first kappa shape index (κ1) is 14.0. The second-order valence-corrected chi connectivity index (χ2v) is 6.84. The number of rotatable bonds is 4. The summed E-state index contributed by atoms with van der Waals surface area (Å²) in [5.41, 5.74) is -0.117. The zero-order valence-corrected chi connectivity index (χ0v) is 12.5. The summed E-state index contributed by atoms with van der Waals surface area (Å²) >= 11 is 0. The largest absolute Gasteiger partial charge is 0.333 e. The Labute approximate surface area is 114 Å². The summed E-state index contributed by atoms with van der Waals surface area (Å²) in [5, 5.41) is 6.98. The molecule has 1 heterocycles. The average molecular weight is 264 g/mol. The molecule has 1 saturated carbocycles. The van der Waals surface area contributed by atoms with Crippen LogP contribution in [0.5, 0.6) is 0 Å². The van der Waals surface area contributed by atoms with Gasteiger partial charge in [-0.15, -0.1) is 5.10 Å². The number of carbonyl (C=O) groups is 1. The Balaban J connectivity index is 2.15. The Hall–Kier alpha value is -1.39. The number of hydrogen-bond donors (Lipinski definition) is 1. The van der Waals surface area contributed by atoms with Gasteiger partial charge in [-0.05, 0) is 18.8 Å². The molecular weight excluding hydrogens is 240 g/mol. The highest BCUT2D eigenvalue weighted by Crippen LogP contribution is 2.28. The van der Waals surface area contributed by atoms with Crippen LogP contribution in [-0.4, -0.2) is 38.6 Å². The molecule has 1 N–H and O–H groups in total. The van der Waals surface area contributed by atoms with Gasteiger partial charge >= 0.3 is 0 Å². The van der Waals surface area contributed by atoms with Crippen molar-refractivity contribution in [2.24, 2.45) is 5.92 Å². The van der Waals surface area contributed by atoms with Crippen molar-refractivity contribution in [2.45, 2.75) is 58.9 Å². The summed E-state index contributed by atoms with van der Waals surface area (Å²) in [5.74, 6) is 1.49. The van der Waals surface area contributed by atoms with Crippen LogP contribution in [0.1, 0.15) is 63.9 Å². The lowest BCUT2D eigenvalue weighted by Crippen LogP contribution is -2.36. The molecule has 1 aromatic rings. The topological polar surface area (TPSA) is 61.9 Å². The third-order valence-electron chi connectivity index (χ3n) is 3.20. The summed E-state index contributed by atoms with van der Waals surface area (Å²) < 4.78 is 0. The number of aromatic amines is 1. The van der Waals surface area contributed by atoms with Gasteiger partial charge in [0.15, 0.2) is 0 Å². The number of nitrogens with zero attached hydrogens (tertiary/aromatic N) is 3. The zero-order valence-electron chi connectivity index (χ0n) is 12.5. The van der Waals surface area contributed by atoms with Crippen LogP contribution in [0.3, 0.4) is 0 Å². The molecule has 0 atom stereocenters. The van der Waals surface area contributed by atoms with Gasteiger partial charge in [0.25, 0.3) is 5.91 Å². The number of hydrogen-bond acceptors (Lipinski definition) is 3. The fraction of sp³-hybridized carbons (Fsp3) is 0.786. The highest BCUT2D eigenvalue weighted by atomic mass is 16.2. The van der Waals surface area contributed by atoms with Crippen LogP contribution in [0.25, 0.3) is 0 Å². The second kappa shape index (κ2) is 4.94. The van der Waals surface area contributed by atoms with Gasteiger partial charge in [0.1, 0.15) is 5.82 Å². The number of aromatic nitrogens is 3. The lowest BCUT2D eigenvalue weighted by molar-refractivity contribution is 0.0710. The van der Waals surface area contributed by atoms with Crippen LogP contribution in [-0.2, 0) is 5.41 Å². The molecule has 0 aliphatic heterocycles. The molecule has 0 saturated heterocycles. The van der Waals surface area contributed by atoms with E-state index in [1.54, 1.807) is 0 Å². The van der Waals surface area contributed by atoms with Crippen LogP contribution in [0.2, 0.25) is 0 Å². The van der Waals surface area contributed by atoms with Gasteiger partial charge in [0.05, 0.1) is 0 Å². The van der Waals surface area contributed by atoms with Gasteiger partial charge in [0.2, 0.25) is 5.82 Å². The minimum absolute atomic E-state index is 0.0389. The first-order chi connectivity index (χ1) is 8.79. The molecule has 1 amide bonds. The standard InChI is InChI=1S/C14H24N4O/c1-9(2)8-18(10-6-7-10)12(19)11-15-13(17-16-11)14(3,4)5/h9-10H,6-8H2,1-5H3,(H,15,16,17). The summed E-state index contributed by atoms with van der Waals surface area (Å²) in [6.45, 7) is 11.2. The SMILES string of the molecule is CC(C)CN(C(=O)c1n[nH]c(C(C)(C)C)n1)C1CC1. The minimum Gasteiger partial charge on any atom is -0.333 e. The van der Waals surface area contributed by atoms with Gasteiger partial charge in [-0.25, -0.2) is 4.98 Å². The molecule has 19 heavy (non-hydrogen) atoms. The van der Waals surface area contributed by atoms with E-state index in [-0.39, 0.29) is 11.3 Å². The molecule has 2 rings (SSSR count). The molecule has 1 aliphatic carbocycles. The average Bonchev–Trinajstić information content (AvgIpc) is 2.99. The van der Waals surface area contributed by atoms with Crippen LogP contribution in [0.15, 0.2) is 0 Å². The minimum atomic E-state index is -0.117. The molecule has 106 valence electrons. The fourth-order valence-electron chi connectivity index (χ4n) is 2.00. The first-order valence-corrected chi connectivity index (χ1v) is 7.03. The summed E-state index contributed by atoms with van der Waals surface area (Å²) in [6, 6.07) is 0.395. The number of nitrogens with one attached hydrogen (secondary N) is 1. The fourth-order valence-corrected chi connectivity index (χ4v) is 2.00. The quantitative estimate of drug-likeness (QED) is 0.908. The van der Waals surface area contributed by atoms with Gasteiger partial charge in [-0.3, -0.25) is 9.89 Å². The van der Waals surface area contributed by atoms with E-state index < -0.39 is 0 Å². The first-order valence-electron chi connectivity index (χ1n) is 7.03. The van der Waals surface area contributed by atoms with E-state index in [4.69, 9.17) is 0 Å². The van der Waals surface area contributed by atoms with E-state index in [2.05, 4.69) is 49.8 Å². The maximum Gasteiger partial charge on any atom is 0.293 e. The maximum absolute atomic E-state index is 12.5.